The summed E-state index contributed by atoms with van der Waals surface area (Å²) in [7, 11) is 1.68. The number of aryl methyl sites for hydroxylation is 1. The highest BCUT2D eigenvalue weighted by atomic mass is 79.9. The minimum Gasteiger partial charge on any atom is -0.497 e. The summed E-state index contributed by atoms with van der Waals surface area (Å²) in [5, 5.41) is 0. The summed E-state index contributed by atoms with van der Waals surface area (Å²) in [6, 6.07) is 10.2. The molecule has 0 radical (unpaired) electrons. The molecule has 0 aliphatic heterocycles. The third-order valence-electron chi connectivity index (χ3n) is 2.83. The third-order valence-corrected chi connectivity index (χ3v) is 5.10. The molecule has 2 nitrogen and oxygen atoms in total. The molecule has 0 aliphatic rings. The zero-order valence-corrected chi connectivity index (χ0v) is 12.8. The van der Waals surface area contributed by atoms with Crippen LogP contribution >= 0.6 is 27.3 Å². The van der Waals surface area contributed by atoms with Gasteiger partial charge in [0.2, 0.25) is 0 Å². The number of halogens is 1. The average molecular weight is 326 g/mol. The van der Waals surface area contributed by atoms with Crippen molar-refractivity contribution in [2.24, 2.45) is 5.73 Å². The number of methoxy groups -OCH3 is 1. The first-order valence-corrected chi connectivity index (χ1v) is 7.35. The minimum absolute atomic E-state index is 0.0344. The Hall–Kier alpha value is -0.840. The van der Waals surface area contributed by atoms with Crippen molar-refractivity contribution in [1.29, 1.82) is 0 Å². The van der Waals surface area contributed by atoms with Crippen LogP contribution in [0.2, 0.25) is 0 Å². The first kappa shape index (κ1) is 13.6. The lowest BCUT2D eigenvalue weighted by Crippen LogP contribution is -2.11. The van der Waals surface area contributed by atoms with Gasteiger partial charge in [-0.2, -0.15) is 0 Å². The fourth-order valence-corrected chi connectivity index (χ4v) is 3.38. The Morgan fingerprint density at radius 3 is 2.78 bits per heavy atom. The first-order valence-electron chi connectivity index (χ1n) is 5.74. The van der Waals surface area contributed by atoms with Crippen molar-refractivity contribution in [3.63, 3.8) is 0 Å². The molecule has 2 aromatic rings. The molecule has 0 spiro atoms. The predicted octanol–water partition coefficient (Wildman–Crippen LogP) is 4.07. The molecule has 4 heteroatoms. The van der Waals surface area contributed by atoms with Gasteiger partial charge < -0.3 is 10.5 Å². The Bertz CT molecular complexity index is 519. The van der Waals surface area contributed by atoms with Gasteiger partial charge in [0.25, 0.3) is 0 Å². The molecule has 0 bridgehead atoms. The minimum atomic E-state index is 0.0344. The van der Waals surface area contributed by atoms with E-state index in [1.165, 1.54) is 15.3 Å². The van der Waals surface area contributed by atoms with Crippen LogP contribution in [0.3, 0.4) is 0 Å². The van der Waals surface area contributed by atoms with Crippen LogP contribution in [0.4, 0.5) is 0 Å². The van der Waals surface area contributed by atoms with Crippen LogP contribution in [-0.4, -0.2) is 7.11 Å². The molecule has 18 heavy (non-hydrogen) atoms. The van der Waals surface area contributed by atoms with E-state index in [0.717, 1.165) is 16.6 Å². The number of hydrogen-bond acceptors (Lipinski definition) is 3. The predicted molar refractivity (Wildman–Crippen MR) is 80.4 cm³/mol. The third kappa shape index (κ3) is 3.13. The fourth-order valence-electron chi connectivity index (χ4n) is 1.82. The number of hydrogen-bond donors (Lipinski definition) is 1. The van der Waals surface area contributed by atoms with E-state index in [-0.39, 0.29) is 6.04 Å². The molecule has 0 fully saturated rings. The van der Waals surface area contributed by atoms with Gasteiger partial charge in [0, 0.05) is 20.3 Å². The first-order chi connectivity index (χ1) is 8.60. The van der Waals surface area contributed by atoms with Gasteiger partial charge in [-0.25, -0.2) is 0 Å². The van der Waals surface area contributed by atoms with Gasteiger partial charge in [-0.15, -0.1) is 11.3 Å². The van der Waals surface area contributed by atoms with Crippen LogP contribution in [0, 0.1) is 6.92 Å². The second-order valence-corrected chi connectivity index (χ2v) is 6.36. The summed E-state index contributed by atoms with van der Waals surface area (Å²) in [5.74, 6) is 0.878. The second kappa shape index (κ2) is 5.87. The van der Waals surface area contributed by atoms with E-state index in [1.54, 1.807) is 18.4 Å². The van der Waals surface area contributed by atoms with Crippen molar-refractivity contribution in [3.8, 4) is 5.75 Å². The Labute approximate surface area is 120 Å². The standard InChI is InChI=1S/C14H16BrNOS/c1-9-12(15)8-14(18-9)13(16)7-10-4-3-5-11(6-10)17-2/h3-6,8,13H,7,16H2,1-2H3. The Morgan fingerprint density at radius 2 is 2.17 bits per heavy atom. The molecule has 1 aromatic carbocycles. The van der Waals surface area contributed by atoms with Crippen LogP contribution in [-0.2, 0) is 6.42 Å². The molecule has 2 N–H and O–H groups in total. The highest BCUT2D eigenvalue weighted by molar-refractivity contribution is 9.10. The average Bonchev–Trinajstić information content (AvgIpc) is 2.70. The summed E-state index contributed by atoms with van der Waals surface area (Å²) in [5.41, 5.74) is 7.45. The summed E-state index contributed by atoms with van der Waals surface area (Å²) in [6.07, 6.45) is 0.823. The lowest BCUT2D eigenvalue weighted by Gasteiger charge is -2.10. The second-order valence-electron chi connectivity index (χ2n) is 4.22. The van der Waals surface area contributed by atoms with Crippen molar-refractivity contribution >= 4 is 27.3 Å². The van der Waals surface area contributed by atoms with Gasteiger partial charge in [0.05, 0.1) is 7.11 Å². The number of ether oxygens (including phenoxy) is 1. The Kier molecular flexibility index (Phi) is 4.43. The van der Waals surface area contributed by atoms with Crippen molar-refractivity contribution in [3.05, 3.63) is 50.1 Å². The highest BCUT2D eigenvalue weighted by Crippen LogP contribution is 2.31. The molecule has 0 aliphatic carbocycles. The summed E-state index contributed by atoms with van der Waals surface area (Å²) in [4.78, 5) is 2.48. The number of rotatable bonds is 4. The van der Waals surface area contributed by atoms with Crippen molar-refractivity contribution in [2.45, 2.75) is 19.4 Å². The monoisotopic (exact) mass is 325 g/mol. The zero-order valence-electron chi connectivity index (χ0n) is 10.4. The molecule has 2 rings (SSSR count). The van der Waals surface area contributed by atoms with Gasteiger partial charge in [-0.05, 0) is 53.0 Å². The van der Waals surface area contributed by atoms with Gasteiger partial charge in [0.1, 0.15) is 5.75 Å². The van der Waals surface area contributed by atoms with E-state index in [0.29, 0.717) is 0 Å². The van der Waals surface area contributed by atoms with Crippen molar-refractivity contribution in [1.82, 2.24) is 0 Å². The van der Waals surface area contributed by atoms with E-state index in [2.05, 4.69) is 35.0 Å². The maximum absolute atomic E-state index is 6.25. The summed E-state index contributed by atoms with van der Waals surface area (Å²) >= 11 is 5.28. The molecular weight excluding hydrogens is 310 g/mol. The number of nitrogens with two attached hydrogens (primary N) is 1. The summed E-state index contributed by atoms with van der Waals surface area (Å²) in [6.45, 7) is 2.09. The van der Waals surface area contributed by atoms with Crippen molar-refractivity contribution < 1.29 is 4.74 Å². The molecule has 1 atom stereocenters. The van der Waals surface area contributed by atoms with Crippen molar-refractivity contribution in [2.75, 3.05) is 7.11 Å². The van der Waals surface area contributed by atoms with Crippen LogP contribution in [0.25, 0.3) is 0 Å². The van der Waals surface area contributed by atoms with E-state index in [1.807, 2.05) is 18.2 Å². The SMILES string of the molecule is COc1cccc(CC(N)c2cc(Br)c(C)s2)c1. The molecule has 1 unspecified atom stereocenters. The fraction of sp³-hybridized carbons (Fsp3) is 0.286. The van der Waals surface area contributed by atoms with Crippen LogP contribution in [0.1, 0.15) is 21.4 Å². The Balaban J connectivity index is 2.13. The lowest BCUT2D eigenvalue weighted by molar-refractivity contribution is 0.414. The molecule has 96 valence electrons. The van der Waals surface area contributed by atoms with Gasteiger partial charge in [-0.3, -0.25) is 0 Å². The van der Waals surface area contributed by atoms with E-state index in [9.17, 15) is 0 Å². The smallest absolute Gasteiger partial charge is 0.119 e. The maximum atomic E-state index is 6.25. The van der Waals surface area contributed by atoms with Gasteiger partial charge in [-0.1, -0.05) is 12.1 Å². The quantitative estimate of drug-likeness (QED) is 0.919. The van der Waals surface area contributed by atoms with Crippen LogP contribution < -0.4 is 10.5 Å². The van der Waals surface area contributed by atoms with E-state index in [4.69, 9.17) is 10.5 Å². The number of benzene rings is 1. The van der Waals surface area contributed by atoms with E-state index >= 15 is 0 Å². The molecule has 1 aromatic heterocycles. The molecular formula is C14H16BrNOS. The van der Waals surface area contributed by atoms with E-state index < -0.39 is 0 Å². The maximum Gasteiger partial charge on any atom is 0.119 e. The zero-order chi connectivity index (χ0) is 13.1. The van der Waals surface area contributed by atoms with Crippen LogP contribution in [0.15, 0.2) is 34.8 Å². The molecule has 0 saturated carbocycles. The molecule has 0 saturated heterocycles. The van der Waals surface area contributed by atoms with Gasteiger partial charge >= 0.3 is 0 Å². The van der Waals surface area contributed by atoms with Crippen LogP contribution in [0.5, 0.6) is 5.75 Å². The number of thiophene rings is 1. The topological polar surface area (TPSA) is 35.2 Å². The molecule has 0 amide bonds. The highest BCUT2D eigenvalue weighted by Gasteiger charge is 2.12. The lowest BCUT2D eigenvalue weighted by atomic mass is 10.1. The largest absolute Gasteiger partial charge is 0.497 e. The molecule has 1 heterocycles. The van der Waals surface area contributed by atoms with Gasteiger partial charge in [0.15, 0.2) is 0 Å². The Morgan fingerprint density at radius 1 is 1.39 bits per heavy atom. The normalized spacial score (nSPS) is 12.4. The summed E-state index contributed by atoms with van der Waals surface area (Å²) < 4.78 is 6.36.